The summed E-state index contributed by atoms with van der Waals surface area (Å²) in [6.07, 6.45) is 1.63. The Balaban J connectivity index is 1.61. The van der Waals surface area contributed by atoms with Crippen LogP contribution >= 0.6 is 23.4 Å². The number of nitrogens with zero attached hydrogens (tertiary/aromatic N) is 4. The van der Waals surface area contributed by atoms with Gasteiger partial charge in [-0.25, -0.2) is 0 Å². The molecule has 4 rings (SSSR count). The van der Waals surface area contributed by atoms with Crippen molar-refractivity contribution >= 4 is 35.0 Å². The maximum absolute atomic E-state index is 13.0. The molecule has 0 aliphatic heterocycles. The van der Waals surface area contributed by atoms with Gasteiger partial charge in [-0.05, 0) is 55.5 Å². The Labute approximate surface area is 189 Å². The van der Waals surface area contributed by atoms with Gasteiger partial charge in [0.1, 0.15) is 5.76 Å². The third-order valence-electron chi connectivity index (χ3n) is 4.82. The van der Waals surface area contributed by atoms with Gasteiger partial charge in [0.15, 0.2) is 11.0 Å². The average molecular weight is 453 g/mol. The van der Waals surface area contributed by atoms with Crippen LogP contribution in [0.4, 0.5) is 5.69 Å². The second-order valence-electron chi connectivity index (χ2n) is 6.97. The van der Waals surface area contributed by atoms with E-state index >= 15 is 0 Å². The molecule has 0 saturated heterocycles. The Bertz CT molecular complexity index is 1140. The van der Waals surface area contributed by atoms with E-state index < -0.39 is 0 Å². The van der Waals surface area contributed by atoms with Gasteiger partial charge in [0.25, 0.3) is 0 Å². The lowest BCUT2D eigenvalue weighted by molar-refractivity contribution is -0.117. The number of benzene rings is 2. The fourth-order valence-electron chi connectivity index (χ4n) is 3.15. The number of halogens is 1. The monoisotopic (exact) mass is 452 g/mol. The minimum Gasteiger partial charge on any atom is -0.467 e. The summed E-state index contributed by atoms with van der Waals surface area (Å²) in [7, 11) is 1.78. The lowest BCUT2D eigenvalue weighted by atomic mass is 10.2. The first kappa shape index (κ1) is 21.2. The molecule has 0 radical (unpaired) electrons. The van der Waals surface area contributed by atoms with Crippen molar-refractivity contribution in [1.29, 1.82) is 0 Å². The molecular formula is C23H21ClN4O2S. The van der Waals surface area contributed by atoms with E-state index in [1.165, 1.54) is 11.8 Å². The molecule has 158 valence electrons. The molecule has 6 nitrogen and oxygen atoms in total. The summed E-state index contributed by atoms with van der Waals surface area (Å²) in [5, 5.41) is 9.71. The van der Waals surface area contributed by atoms with Crippen LogP contribution in [0.5, 0.6) is 0 Å². The highest BCUT2D eigenvalue weighted by atomic mass is 35.5. The molecule has 0 spiro atoms. The Hall–Kier alpha value is -3.03. The molecule has 0 N–H and O–H groups in total. The second-order valence-corrected chi connectivity index (χ2v) is 8.72. The van der Waals surface area contributed by atoms with Crippen molar-refractivity contribution in [3.8, 4) is 11.4 Å². The van der Waals surface area contributed by atoms with Crippen LogP contribution in [0, 0.1) is 0 Å². The number of hydrogen-bond acceptors (Lipinski definition) is 5. The molecule has 1 unspecified atom stereocenters. The van der Waals surface area contributed by atoms with E-state index in [4.69, 9.17) is 16.0 Å². The number of aromatic nitrogens is 3. The van der Waals surface area contributed by atoms with Gasteiger partial charge in [-0.2, -0.15) is 0 Å². The standard InChI is InChI=1S/C23H21ClN4O2S/c1-16(22(29)27(2)19-7-4-3-5-8-19)31-23-26-25-21(17-10-12-18(24)13-11-17)28(23)15-20-9-6-14-30-20/h3-14,16H,15H2,1-2H3. The van der Waals surface area contributed by atoms with Crippen molar-refractivity contribution in [2.75, 3.05) is 11.9 Å². The number of carbonyl (C=O) groups is 1. The zero-order chi connectivity index (χ0) is 21.8. The number of furan rings is 1. The van der Waals surface area contributed by atoms with Crippen LogP contribution in [0.25, 0.3) is 11.4 Å². The van der Waals surface area contributed by atoms with E-state index in [1.54, 1.807) is 18.2 Å². The van der Waals surface area contributed by atoms with Crippen molar-refractivity contribution in [3.63, 3.8) is 0 Å². The highest BCUT2D eigenvalue weighted by molar-refractivity contribution is 8.00. The first-order valence-corrected chi connectivity index (χ1v) is 11.0. The molecule has 2 aromatic carbocycles. The lowest BCUT2D eigenvalue weighted by Gasteiger charge is -2.21. The van der Waals surface area contributed by atoms with Gasteiger partial charge in [-0.15, -0.1) is 10.2 Å². The number of rotatable bonds is 7. The van der Waals surface area contributed by atoms with E-state index in [0.29, 0.717) is 22.5 Å². The van der Waals surface area contributed by atoms with Gasteiger partial charge < -0.3 is 9.32 Å². The zero-order valence-corrected chi connectivity index (χ0v) is 18.7. The van der Waals surface area contributed by atoms with Crippen molar-refractivity contribution in [1.82, 2.24) is 14.8 Å². The van der Waals surface area contributed by atoms with Gasteiger partial charge in [0, 0.05) is 23.3 Å². The molecule has 1 atom stereocenters. The summed E-state index contributed by atoms with van der Waals surface area (Å²) in [6, 6.07) is 20.7. The van der Waals surface area contributed by atoms with Crippen LogP contribution in [-0.2, 0) is 11.3 Å². The largest absolute Gasteiger partial charge is 0.467 e. The smallest absolute Gasteiger partial charge is 0.240 e. The van der Waals surface area contributed by atoms with E-state index in [1.807, 2.05) is 78.2 Å². The van der Waals surface area contributed by atoms with Crippen molar-refractivity contribution in [2.24, 2.45) is 0 Å². The Kier molecular flexibility index (Phi) is 6.44. The SMILES string of the molecule is CC(Sc1nnc(-c2ccc(Cl)cc2)n1Cc1ccco1)C(=O)N(C)c1ccccc1. The number of para-hydroxylation sites is 1. The Morgan fingerprint density at radius 3 is 2.52 bits per heavy atom. The predicted octanol–water partition coefficient (Wildman–Crippen LogP) is 5.38. The second kappa shape index (κ2) is 9.41. The number of hydrogen-bond donors (Lipinski definition) is 0. The molecule has 0 fully saturated rings. The number of anilines is 1. The topological polar surface area (TPSA) is 64.2 Å². The Morgan fingerprint density at radius 2 is 1.84 bits per heavy atom. The molecule has 0 bridgehead atoms. The number of thioether (sulfide) groups is 1. The van der Waals surface area contributed by atoms with E-state index in [9.17, 15) is 4.79 Å². The molecule has 8 heteroatoms. The molecular weight excluding hydrogens is 432 g/mol. The third kappa shape index (κ3) is 4.84. The summed E-state index contributed by atoms with van der Waals surface area (Å²) in [6.45, 7) is 2.33. The average Bonchev–Trinajstić information content (AvgIpc) is 3.45. The predicted molar refractivity (Wildman–Crippen MR) is 123 cm³/mol. The van der Waals surface area contributed by atoms with Crippen LogP contribution in [0.3, 0.4) is 0 Å². The summed E-state index contributed by atoms with van der Waals surface area (Å²) in [5.74, 6) is 1.45. The van der Waals surface area contributed by atoms with Crippen LogP contribution in [0.15, 0.2) is 82.6 Å². The Morgan fingerprint density at radius 1 is 1.10 bits per heavy atom. The van der Waals surface area contributed by atoms with Crippen molar-refractivity contribution in [2.45, 2.75) is 23.9 Å². The summed E-state index contributed by atoms with van der Waals surface area (Å²) >= 11 is 7.41. The molecule has 4 aromatic rings. The number of amides is 1. The highest BCUT2D eigenvalue weighted by Gasteiger charge is 2.24. The summed E-state index contributed by atoms with van der Waals surface area (Å²) in [4.78, 5) is 14.7. The van der Waals surface area contributed by atoms with E-state index in [0.717, 1.165) is 17.0 Å². The van der Waals surface area contributed by atoms with Gasteiger partial charge in [0.2, 0.25) is 5.91 Å². The van der Waals surface area contributed by atoms with E-state index in [-0.39, 0.29) is 11.2 Å². The van der Waals surface area contributed by atoms with Gasteiger partial charge >= 0.3 is 0 Å². The first-order chi connectivity index (χ1) is 15.0. The van der Waals surface area contributed by atoms with Gasteiger partial charge in [-0.1, -0.05) is 41.6 Å². The molecule has 0 saturated carbocycles. The van der Waals surface area contributed by atoms with Crippen LogP contribution < -0.4 is 4.90 Å². The lowest BCUT2D eigenvalue weighted by Crippen LogP contribution is -2.33. The van der Waals surface area contributed by atoms with Crippen LogP contribution in [0.2, 0.25) is 5.02 Å². The van der Waals surface area contributed by atoms with Crippen LogP contribution in [0.1, 0.15) is 12.7 Å². The summed E-state index contributed by atoms with van der Waals surface area (Å²) < 4.78 is 7.50. The maximum Gasteiger partial charge on any atom is 0.240 e. The minimum absolute atomic E-state index is 0.0169. The normalized spacial score (nSPS) is 12.0. The number of carbonyl (C=O) groups excluding carboxylic acids is 1. The van der Waals surface area contributed by atoms with Gasteiger partial charge in [-0.3, -0.25) is 9.36 Å². The molecule has 2 heterocycles. The van der Waals surface area contributed by atoms with Crippen LogP contribution in [-0.4, -0.2) is 33.0 Å². The highest BCUT2D eigenvalue weighted by Crippen LogP contribution is 2.29. The van der Waals surface area contributed by atoms with Crippen molar-refractivity contribution < 1.29 is 9.21 Å². The fraction of sp³-hybridized carbons (Fsp3) is 0.174. The zero-order valence-electron chi connectivity index (χ0n) is 17.1. The quantitative estimate of drug-likeness (QED) is 0.352. The molecule has 31 heavy (non-hydrogen) atoms. The fourth-order valence-corrected chi connectivity index (χ4v) is 4.22. The maximum atomic E-state index is 13.0. The molecule has 1 amide bonds. The summed E-state index contributed by atoms with van der Waals surface area (Å²) in [5.41, 5.74) is 1.73. The molecule has 0 aliphatic carbocycles. The molecule has 0 aliphatic rings. The van der Waals surface area contributed by atoms with Gasteiger partial charge in [0.05, 0.1) is 18.1 Å². The minimum atomic E-state index is -0.358. The molecule has 2 aromatic heterocycles. The van der Waals surface area contributed by atoms with E-state index in [2.05, 4.69) is 10.2 Å². The first-order valence-electron chi connectivity index (χ1n) is 9.73. The van der Waals surface area contributed by atoms with Crippen molar-refractivity contribution in [3.05, 3.63) is 83.8 Å². The third-order valence-corrected chi connectivity index (χ3v) is 6.14.